The molecule has 0 aromatic heterocycles. The molecule has 18 heavy (non-hydrogen) atoms. The van der Waals surface area contributed by atoms with Crippen LogP contribution in [0.15, 0.2) is 0 Å². The van der Waals surface area contributed by atoms with Gasteiger partial charge in [-0.05, 0) is 24.2 Å². The van der Waals surface area contributed by atoms with Crippen molar-refractivity contribution in [3.8, 4) is 0 Å². The van der Waals surface area contributed by atoms with Gasteiger partial charge in [-0.1, -0.05) is 27.7 Å². The summed E-state index contributed by atoms with van der Waals surface area (Å²) in [6.45, 7) is 9.43. The maximum Gasteiger partial charge on any atom is 0.306 e. The van der Waals surface area contributed by atoms with Gasteiger partial charge in [0.1, 0.15) is 0 Å². The smallest absolute Gasteiger partial charge is 0.306 e. The first-order chi connectivity index (χ1) is 8.32. The van der Waals surface area contributed by atoms with Crippen LogP contribution >= 0.6 is 0 Å². The zero-order valence-corrected chi connectivity index (χ0v) is 11.8. The van der Waals surface area contributed by atoms with E-state index in [1.54, 1.807) is 0 Å². The third-order valence-corrected chi connectivity index (χ3v) is 4.21. The fourth-order valence-electron chi connectivity index (χ4n) is 2.38. The maximum atomic E-state index is 12.1. The number of amides is 1. The predicted octanol–water partition coefficient (Wildman–Crippen LogP) is 2.24. The van der Waals surface area contributed by atoms with Gasteiger partial charge in [0.2, 0.25) is 5.91 Å². The lowest BCUT2D eigenvalue weighted by atomic mass is 9.86. The second-order valence-corrected chi connectivity index (χ2v) is 5.98. The van der Waals surface area contributed by atoms with Crippen molar-refractivity contribution in [2.24, 2.45) is 23.7 Å². The summed E-state index contributed by atoms with van der Waals surface area (Å²) in [6.07, 6.45) is 1.15. The van der Waals surface area contributed by atoms with Crippen LogP contribution < -0.4 is 0 Å². The Morgan fingerprint density at radius 2 is 1.94 bits per heavy atom. The van der Waals surface area contributed by atoms with E-state index in [1.165, 1.54) is 0 Å². The largest absolute Gasteiger partial charge is 0.481 e. The number of hydrogen-bond acceptors (Lipinski definition) is 2. The number of carboxylic acids is 1. The highest BCUT2D eigenvalue weighted by atomic mass is 16.4. The Morgan fingerprint density at radius 1 is 1.33 bits per heavy atom. The van der Waals surface area contributed by atoms with E-state index in [4.69, 9.17) is 5.11 Å². The molecular formula is C14H25NO3. The van der Waals surface area contributed by atoms with Crippen LogP contribution in [0.25, 0.3) is 0 Å². The Balaban J connectivity index is 2.50. The summed E-state index contributed by atoms with van der Waals surface area (Å²) in [5.41, 5.74) is 0. The van der Waals surface area contributed by atoms with Crippen LogP contribution in [0.2, 0.25) is 0 Å². The molecule has 0 radical (unpaired) electrons. The highest BCUT2D eigenvalue weighted by Crippen LogP contribution is 2.25. The number of likely N-dealkylation sites (tertiary alicyclic amines) is 1. The second kappa shape index (κ2) is 6.21. The quantitative estimate of drug-likeness (QED) is 0.838. The Labute approximate surface area is 109 Å². The van der Waals surface area contributed by atoms with Crippen LogP contribution in [0.4, 0.5) is 0 Å². The average molecular weight is 255 g/mol. The summed E-state index contributed by atoms with van der Waals surface area (Å²) in [5, 5.41) is 9.05. The van der Waals surface area contributed by atoms with Crippen molar-refractivity contribution in [2.45, 2.75) is 40.5 Å². The molecule has 3 unspecified atom stereocenters. The first-order valence-electron chi connectivity index (χ1n) is 6.83. The summed E-state index contributed by atoms with van der Waals surface area (Å²) in [6, 6.07) is 0. The van der Waals surface area contributed by atoms with Gasteiger partial charge in [-0.15, -0.1) is 0 Å². The van der Waals surface area contributed by atoms with Crippen LogP contribution in [0.3, 0.4) is 0 Å². The Kier molecular flexibility index (Phi) is 5.17. The van der Waals surface area contributed by atoms with Gasteiger partial charge in [0.15, 0.2) is 0 Å². The van der Waals surface area contributed by atoms with Crippen molar-refractivity contribution in [1.29, 1.82) is 0 Å². The van der Waals surface area contributed by atoms with E-state index in [2.05, 4.69) is 20.8 Å². The maximum absolute atomic E-state index is 12.1. The first-order valence-corrected chi connectivity index (χ1v) is 6.83. The minimum absolute atomic E-state index is 0.0505. The number of hydrogen-bond donors (Lipinski definition) is 1. The molecule has 0 bridgehead atoms. The molecule has 0 aromatic carbocycles. The number of piperidine rings is 1. The number of aliphatic carboxylic acids is 1. The molecule has 1 aliphatic heterocycles. The molecule has 4 heteroatoms. The van der Waals surface area contributed by atoms with Crippen LogP contribution in [0.1, 0.15) is 40.5 Å². The van der Waals surface area contributed by atoms with Crippen molar-refractivity contribution in [3.63, 3.8) is 0 Å². The summed E-state index contributed by atoms with van der Waals surface area (Å²) in [5.74, 6) is 0.0797. The highest BCUT2D eigenvalue weighted by molar-refractivity contribution is 5.77. The molecule has 1 fully saturated rings. The highest BCUT2D eigenvalue weighted by Gasteiger charge is 2.33. The SMILES string of the molecule is CC(C)C(C)CC(=O)N1CCC(C(=O)O)C(C)C1. The predicted molar refractivity (Wildman–Crippen MR) is 70.1 cm³/mol. The molecule has 0 aromatic rings. The van der Waals surface area contributed by atoms with Gasteiger partial charge in [-0.2, -0.15) is 0 Å². The van der Waals surface area contributed by atoms with Gasteiger partial charge < -0.3 is 10.0 Å². The van der Waals surface area contributed by atoms with Gasteiger partial charge in [0, 0.05) is 19.5 Å². The topological polar surface area (TPSA) is 57.6 Å². The summed E-state index contributed by atoms with van der Waals surface area (Å²) >= 11 is 0. The van der Waals surface area contributed by atoms with E-state index in [-0.39, 0.29) is 17.7 Å². The Hall–Kier alpha value is -1.06. The van der Waals surface area contributed by atoms with Gasteiger partial charge >= 0.3 is 5.97 Å². The molecule has 1 heterocycles. The zero-order chi connectivity index (χ0) is 13.9. The second-order valence-electron chi connectivity index (χ2n) is 5.98. The molecule has 1 rings (SSSR count). The van der Waals surface area contributed by atoms with Crippen molar-refractivity contribution < 1.29 is 14.7 Å². The number of carbonyl (C=O) groups is 2. The monoisotopic (exact) mass is 255 g/mol. The van der Waals surface area contributed by atoms with Crippen LogP contribution in [0, 0.1) is 23.7 Å². The fourth-order valence-corrected chi connectivity index (χ4v) is 2.38. The molecule has 1 aliphatic rings. The molecule has 1 amide bonds. The molecule has 1 saturated heterocycles. The third-order valence-electron chi connectivity index (χ3n) is 4.21. The number of carbonyl (C=O) groups excluding carboxylic acids is 1. The minimum Gasteiger partial charge on any atom is -0.481 e. The fraction of sp³-hybridized carbons (Fsp3) is 0.857. The van der Waals surface area contributed by atoms with Crippen molar-refractivity contribution in [3.05, 3.63) is 0 Å². The van der Waals surface area contributed by atoms with Crippen LogP contribution in [-0.2, 0) is 9.59 Å². The van der Waals surface area contributed by atoms with Gasteiger partial charge in [0.25, 0.3) is 0 Å². The van der Waals surface area contributed by atoms with Crippen LogP contribution in [0.5, 0.6) is 0 Å². The lowest BCUT2D eigenvalue weighted by Gasteiger charge is -2.35. The minimum atomic E-state index is -0.731. The summed E-state index contributed by atoms with van der Waals surface area (Å²) in [7, 11) is 0. The summed E-state index contributed by atoms with van der Waals surface area (Å²) in [4.78, 5) is 25.0. The van der Waals surface area contributed by atoms with E-state index in [9.17, 15) is 9.59 Å². The lowest BCUT2D eigenvalue weighted by Crippen LogP contribution is -2.45. The molecule has 1 N–H and O–H groups in total. The Morgan fingerprint density at radius 3 is 2.39 bits per heavy atom. The number of nitrogens with zero attached hydrogens (tertiary/aromatic N) is 1. The van der Waals surface area contributed by atoms with E-state index >= 15 is 0 Å². The molecule has 0 aliphatic carbocycles. The average Bonchev–Trinajstić information content (AvgIpc) is 2.27. The molecule has 0 spiro atoms. The normalized spacial score (nSPS) is 26.2. The van der Waals surface area contributed by atoms with E-state index in [0.29, 0.717) is 37.8 Å². The summed E-state index contributed by atoms with van der Waals surface area (Å²) < 4.78 is 0. The molecule has 104 valence electrons. The third kappa shape index (κ3) is 3.72. The van der Waals surface area contributed by atoms with Crippen molar-refractivity contribution >= 4 is 11.9 Å². The van der Waals surface area contributed by atoms with Gasteiger partial charge in [0.05, 0.1) is 5.92 Å². The van der Waals surface area contributed by atoms with E-state index in [1.807, 2.05) is 11.8 Å². The van der Waals surface area contributed by atoms with E-state index in [0.717, 1.165) is 0 Å². The molecular weight excluding hydrogens is 230 g/mol. The first kappa shape index (κ1) is 15.0. The molecule has 0 saturated carbocycles. The standard InChI is InChI=1S/C14H25NO3/c1-9(2)10(3)7-13(16)15-6-5-12(14(17)18)11(4)8-15/h9-12H,5-8H2,1-4H3,(H,17,18). The number of rotatable bonds is 4. The lowest BCUT2D eigenvalue weighted by molar-refractivity contribution is -0.148. The molecule has 4 nitrogen and oxygen atoms in total. The van der Waals surface area contributed by atoms with Crippen LogP contribution in [-0.4, -0.2) is 35.0 Å². The van der Waals surface area contributed by atoms with Gasteiger partial charge in [-0.25, -0.2) is 0 Å². The molecule has 3 atom stereocenters. The van der Waals surface area contributed by atoms with Gasteiger partial charge in [-0.3, -0.25) is 9.59 Å². The zero-order valence-electron chi connectivity index (χ0n) is 11.8. The van der Waals surface area contributed by atoms with Crippen molar-refractivity contribution in [2.75, 3.05) is 13.1 Å². The van der Waals surface area contributed by atoms with Crippen molar-refractivity contribution in [1.82, 2.24) is 4.90 Å². The van der Waals surface area contributed by atoms with E-state index < -0.39 is 5.97 Å². The number of carboxylic acid groups (broad SMARTS) is 1. The Bertz CT molecular complexity index is 314.